The number of amides is 1. The quantitative estimate of drug-likeness (QED) is 0.0431. The molecule has 0 aromatic heterocycles. The molecule has 0 rings (SSSR count). The predicted octanol–water partition coefficient (Wildman–Crippen LogP) is 14.7. The van der Waals surface area contributed by atoms with Crippen LogP contribution in [0.2, 0.25) is 0 Å². The second-order valence-electron chi connectivity index (χ2n) is 14.4. The molecule has 0 aliphatic rings. The summed E-state index contributed by atoms with van der Waals surface area (Å²) in [5.74, 6) is -0.114. The first-order chi connectivity index (χ1) is 28.7. The van der Waals surface area contributed by atoms with Crippen LogP contribution in [0.25, 0.3) is 0 Å². The highest BCUT2D eigenvalue weighted by molar-refractivity contribution is 5.76. The molecule has 1 amide bonds. The Labute approximate surface area is 356 Å². The fraction of sp³-hybridized carbons (Fsp3) is 0.500. The molecule has 2 atom stereocenters. The fourth-order valence-electron chi connectivity index (χ4n) is 5.54. The molecule has 4 nitrogen and oxygen atoms in total. The predicted molar refractivity (Wildman–Crippen MR) is 257 cm³/mol. The van der Waals surface area contributed by atoms with Gasteiger partial charge in [-0.05, 0) is 116 Å². The molecule has 2 unspecified atom stereocenters. The van der Waals surface area contributed by atoms with Crippen LogP contribution < -0.4 is 5.32 Å². The molecular formula is C54H83NO3. The second kappa shape index (κ2) is 47.4. The van der Waals surface area contributed by atoms with E-state index in [0.29, 0.717) is 6.42 Å². The molecule has 3 N–H and O–H groups in total. The van der Waals surface area contributed by atoms with Gasteiger partial charge < -0.3 is 15.5 Å². The molecule has 0 aromatic carbocycles. The van der Waals surface area contributed by atoms with E-state index in [1.807, 2.05) is 6.08 Å². The summed E-state index contributed by atoms with van der Waals surface area (Å²) < 4.78 is 0. The molecular weight excluding hydrogens is 711 g/mol. The molecule has 0 radical (unpaired) electrons. The average molecular weight is 794 g/mol. The van der Waals surface area contributed by atoms with Crippen LogP contribution in [0.15, 0.2) is 158 Å². The summed E-state index contributed by atoms with van der Waals surface area (Å²) >= 11 is 0. The first-order valence-corrected chi connectivity index (χ1v) is 22.7. The summed E-state index contributed by atoms with van der Waals surface area (Å²) in [6.07, 6.45) is 77.9. The summed E-state index contributed by atoms with van der Waals surface area (Å²) in [6.45, 7) is 4.06. The van der Waals surface area contributed by atoms with Crippen LogP contribution in [0.4, 0.5) is 0 Å². The van der Waals surface area contributed by atoms with Crippen molar-refractivity contribution >= 4 is 5.91 Å². The van der Waals surface area contributed by atoms with Gasteiger partial charge in [0.25, 0.3) is 0 Å². The normalized spacial score (nSPS) is 14.5. The van der Waals surface area contributed by atoms with E-state index in [0.717, 1.165) is 128 Å². The number of hydrogen-bond acceptors (Lipinski definition) is 3. The third kappa shape index (κ3) is 43.1. The monoisotopic (exact) mass is 794 g/mol. The first kappa shape index (κ1) is 54.0. The van der Waals surface area contributed by atoms with Gasteiger partial charge in [0.05, 0.1) is 18.8 Å². The van der Waals surface area contributed by atoms with Gasteiger partial charge in [-0.2, -0.15) is 0 Å². The lowest BCUT2D eigenvalue weighted by Crippen LogP contribution is -2.45. The first-order valence-electron chi connectivity index (χ1n) is 22.7. The van der Waals surface area contributed by atoms with Gasteiger partial charge in [0.1, 0.15) is 0 Å². The number of carbonyl (C=O) groups excluding carboxylic acids is 1. The zero-order valence-electron chi connectivity index (χ0n) is 36.7. The van der Waals surface area contributed by atoms with Crippen LogP contribution in [-0.2, 0) is 4.79 Å². The number of aliphatic hydroxyl groups excluding tert-OH is 2. The molecule has 322 valence electrons. The molecule has 0 aliphatic heterocycles. The van der Waals surface area contributed by atoms with Gasteiger partial charge in [-0.1, -0.05) is 191 Å². The van der Waals surface area contributed by atoms with Crippen molar-refractivity contribution in [2.24, 2.45) is 0 Å². The second-order valence-corrected chi connectivity index (χ2v) is 14.4. The molecule has 58 heavy (non-hydrogen) atoms. The Bertz CT molecular complexity index is 1310. The molecule has 0 spiro atoms. The van der Waals surface area contributed by atoms with Crippen molar-refractivity contribution in [3.8, 4) is 0 Å². The van der Waals surface area contributed by atoms with Crippen LogP contribution in [0, 0.1) is 0 Å². The third-order valence-corrected chi connectivity index (χ3v) is 8.95. The minimum Gasteiger partial charge on any atom is -0.394 e. The summed E-state index contributed by atoms with van der Waals surface area (Å²) in [7, 11) is 0. The molecule has 0 aliphatic carbocycles. The van der Waals surface area contributed by atoms with Gasteiger partial charge in [0.15, 0.2) is 0 Å². The topological polar surface area (TPSA) is 69.6 Å². The number of rotatable bonds is 38. The Balaban J connectivity index is 3.76. The van der Waals surface area contributed by atoms with Gasteiger partial charge in [-0.25, -0.2) is 0 Å². The number of allylic oxidation sites excluding steroid dienone is 25. The standard InChI is InChI=1S/C54H83NO3/c1-3-5-7-9-11-13-15-16-17-18-19-20-21-22-23-24-25-26-27-28-29-30-31-32-33-34-35-36-37-38-40-42-44-46-48-50-54(58)55-52(51-56)53(57)49-47-45-43-41-39-14-12-10-8-6-4-2/h5,7-8,10-11,13,16-17,19-20,22-23,25-26,28-29,31-32,34-35,37-39,41,47,49,52-53,56-57H,3-4,6,9,12,14-15,18,21,24,27,30,33,36,40,42-46,48,50-51H2,1-2H3,(H,55,58)/b7-5-,10-8+,13-11-,17-16-,20-19-,23-22-,26-25-,29-28-,32-31-,35-34-,38-37-,41-39+,49-47+. The number of aliphatic hydroxyl groups is 2. The Morgan fingerprint density at radius 2 is 0.776 bits per heavy atom. The Morgan fingerprint density at radius 1 is 0.431 bits per heavy atom. The SMILES string of the molecule is CC/C=C\C/C=C\C/C=C\C/C=C\C/C=C\C/C=C\C/C=C\C/C=C\C/C=C\C/C=C\CCCCCCC(=O)NC(CO)C(O)/C=C/CC/C=C/CC/C=C/CCC. The van der Waals surface area contributed by atoms with Crippen molar-refractivity contribution in [2.75, 3.05) is 6.61 Å². The van der Waals surface area contributed by atoms with E-state index in [4.69, 9.17) is 0 Å². The highest BCUT2D eigenvalue weighted by atomic mass is 16.3. The zero-order chi connectivity index (χ0) is 42.1. The van der Waals surface area contributed by atoms with Crippen molar-refractivity contribution < 1.29 is 15.0 Å². The van der Waals surface area contributed by atoms with E-state index in [1.54, 1.807) is 6.08 Å². The molecule has 0 heterocycles. The Kier molecular flexibility index (Phi) is 44.1. The summed E-state index contributed by atoms with van der Waals surface area (Å²) in [5, 5.41) is 22.9. The van der Waals surface area contributed by atoms with Gasteiger partial charge in [-0.3, -0.25) is 4.79 Å². The van der Waals surface area contributed by atoms with Gasteiger partial charge in [0, 0.05) is 6.42 Å². The number of carbonyl (C=O) groups is 1. The largest absolute Gasteiger partial charge is 0.394 e. The van der Waals surface area contributed by atoms with Crippen LogP contribution in [0.1, 0.15) is 155 Å². The van der Waals surface area contributed by atoms with Crippen LogP contribution >= 0.6 is 0 Å². The highest BCUT2D eigenvalue weighted by Crippen LogP contribution is 2.08. The summed E-state index contributed by atoms with van der Waals surface area (Å²) in [5.41, 5.74) is 0. The third-order valence-electron chi connectivity index (χ3n) is 8.95. The molecule has 0 aromatic rings. The van der Waals surface area contributed by atoms with Crippen LogP contribution in [0.3, 0.4) is 0 Å². The lowest BCUT2D eigenvalue weighted by atomic mass is 10.1. The fourth-order valence-corrected chi connectivity index (χ4v) is 5.54. The van der Waals surface area contributed by atoms with Crippen molar-refractivity contribution in [1.29, 1.82) is 0 Å². The highest BCUT2D eigenvalue weighted by Gasteiger charge is 2.17. The maximum absolute atomic E-state index is 12.4. The van der Waals surface area contributed by atoms with E-state index >= 15 is 0 Å². The van der Waals surface area contributed by atoms with E-state index in [1.165, 1.54) is 6.42 Å². The lowest BCUT2D eigenvalue weighted by Gasteiger charge is -2.19. The molecule has 0 fully saturated rings. The molecule has 0 saturated heterocycles. The average Bonchev–Trinajstić information content (AvgIpc) is 3.23. The smallest absolute Gasteiger partial charge is 0.220 e. The number of unbranched alkanes of at least 4 members (excludes halogenated alkanes) is 7. The summed E-state index contributed by atoms with van der Waals surface area (Å²) in [6, 6.07) is -0.670. The molecule has 0 saturated carbocycles. The van der Waals surface area contributed by atoms with E-state index in [2.05, 4.69) is 165 Å². The van der Waals surface area contributed by atoms with Gasteiger partial charge in [0.2, 0.25) is 5.91 Å². The Hall–Kier alpha value is -3.99. The maximum Gasteiger partial charge on any atom is 0.220 e. The summed E-state index contributed by atoms with van der Waals surface area (Å²) in [4.78, 5) is 12.4. The number of nitrogens with one attached hydrogen (secondary N) is 1. The van der Waals surface area contributed by atoms with Crippen molar-refractivity contribution in [3.63, 3.8) is 0 Å². The Morgan fingerprint density at radius 3 is 1.17 bits per heavy atom. The zero-order valence-corrected chi connectivity index (χ0v) is 36.7. The van der Waals surface area contributed by atoms with Crippen molar-refractivity contribution in [1.82, 2.24) is 5.32 Å². The minimum absolute atomic E-state index is 0.114. The molecule has 4 heteroatoms. The van der Waals surface area contributed by atoms with Crippen molar-refractivity contribution in [3.05, 3.63) is 158 Å². The van der Waals surface area contributed by atoms with Crippen LogP contribution in [0.5, 0.6) is 0 Å². The number of hydrogen-bond donors (Lipinski definition) is 3. The maximum atomic E-state index is 12.4. The van der Waals surface area contributed by atoms with E-state index < -0.39 is 12.1 Å². The minimum atomic E-state index is -0.891. The van der Waals surface area contributed by atoms with Gasteiger partial charge >= 0.3 is 0 Å². The van der Waals surface area contributed by atoms with Crippen LogP contribution in [-0.4, -0.2) is 34.9 Å². The lowest BCUT2D eigenvalue weighted by molar-refractivity contribution is -0.123. The molecule has 0 bridgehead atoms. The van der Waals surface area contributed by atoms with Crippen molar-refractivity contribution in [2.45, 2.75) is 167 Å². The van der Waals surface area contributed by atoms with E-state index in [9.17, 15) is 15.0 Å². The van der Waals surface area contributed by atoms with Gasteiger partial charge in [-0.15, -0.1) is 0 Å². The van der Waals surface area contributed by atoms with E-state index in [-0.39, 0.29) is 12.5 Å².